The third-order valence-corrected chi connectivity index (χ3v) is 4.58. The highest BCUT2D eigenvalue weighted by atomic mass is 16.5. The van der Waals surface area contributed by atoms with Gasteiger partial charge in [-0.2, -0.15) is 0 Å². The standard InChI is InChI=1S/C15H20N2O3/c1-10-7-12(14(18)19)13(16-11(10)2)17-8-15(9-17)3-5-20-6-4-15/h7H,3-6,8-9H2,1-2H3,(H,18,19). The summed E-state index contributed by atoms with van der Waals surface area (Å²) in [4.78, 5) is 18.0. The van der Waals surface area contributed by atoms with E-state index in [2.05, 4.69) is 9.88 Å². The Morgan fingerprint density at radius 1 is 1.35 bits per heavy atom. The molecular formula is C15H20N2O3. The zero-order valence-corrected chi connectivity index (χ0v) is 12.0. The molecule has 20 heavy (non-hydrogen) atoms. The van der Waals surface area contributed by atoms with Gasteiger partial charge in [0.05, 0.1) is 0 Å². The second kappa shape index (κ2) is 4.74. The maximum absolute atomic E-state index is 11.4. The van der Waals surface area contributed by atoms with Crippen molar-refractivity contribution in [3.63, 3.8) is 0 Å². The third-order valence-electron chi connectivity index (χ3n) is 4.58. The van der Waals surface area contributed by atoms with Crippen molar-refractivity contribution in [2.24, 2.45) is 5.41 Å². The minimum Gasteiger partial charge on any atom is -0.478 e. The first-order valence-electron chi connectivity index (χ1n) is 7.05. The van der Waals surface area contributed by atoms with Gasteiger partial charge in [-0.25, -0.2) is 9.78 Å². The molecule has 1 N–H and O–H groups in total. The Morgan fingerprint density at radius 2 is 2.00 bits per heavy atom. The van der Waals surface area contributed by atoms with E-state index in [4.69, 9.17) is 4.74 Å². The predicted molar refractivity (Wildman–Crippen MR) is 75.4 cm³/mol. The Balaban J connectivity index is 1.85. The summed E-state index contributed by atoms with van der Waals surface area (Å²) >= 11 is 0. The van der Waals surface area contributed by atoms with Crippen LogP contribution in [-0.2, 0) is 4.74 Å². The number of rotatable bonds is 2. The molecule has 1 spiro atoms. The normalized spacial score (nSPS) is 20.8. The number of carbonyl (C=O) groups is 1. The molecule has 5 heteroatoms. The number of hydrogen-bond acceptors (Lipinski definition) is 4. The zero-order chi connectivity index (χ0) is 14.3. The van der Waals surface area contributed by atoms with Crippen LogP contribution in [0.2, 0.25) is 0 Å². The van der Waals surface area contributed by atoms with Crippen LogP contribution in [0.5, 0.6) is 0 Å². The number of aromatic nitrogens is 1. The fourth-order valence-electron chi connectivity index (χ4n) is 3.13. The highest BCUT2D eigenvalue weighted by Crippen LogP contribution is 2.42. The van der Waals surface area contributed by atoms with E-state index >= 15 is 0 Å². The molecule has 0 aromatic carbocycles. The lowest BCUT2D eigenvalue weighted by Crippen LogP contribution is -2.59. The van der Waals surface area contributed by atoms with Crippen molar-refractivity contribution in [3.8, 4) is 0 Å². The van der Waals surface area contributed by atoms with Crippen LogP contribution in [0.25, 0.3) is 0 Å². The summed E-state index contributed by atoms with van der Waals surface area (Å²) in [5.41, 5.74) is 2.45. The van der Waals surface area contributed by atoms with Gasteiger partial charge in [0.15, 0.2) is 0 Å². The lowest BCUT2D eigenvalue weighted by molar-refractivity contribution is -0.000577. The molecule has 5 nitrogen and oxygen atoms in total. The minimum atomic E-state index is -0.900. The zero-order valence-electron chi connectivity index (χ0n) is 12.0. The van der Waals surface area contributed by atoms with Gasteiger partial charge in [0, 0.05) is 37.4 Å². The molecule has 3 rings (SSSR count). The van der Waals surface area contributed by atoms with Gasteiger partial charge in [-0.05, 0) is 38.3 Å². The Kier molecular flexibility index (Phi) is 3.17. The quantitative estimate of drug-likeness (QED) is 0.895. The lowest BCUT2D eigenvalue weighted by Gasteiger charge is -2.53. The number of pyridine rings is 1. The summed E-state index contributed by atoms with van der Waals surface area (Å²) in [7, 11) is 0. The topological polar surface area (TPSA) is 62.7 Å². The number of anilines is 1. The molecule has 0 atom stereocenters. The number of aromatic carboxylic acids is 1. The van der Waals surface area contributed by atoms with Gasteiger partial charge in [0.25, 0.3) is 0 Å². The van der Waals surface area contributed by atoms with Crippen LogP contribution >= 0.6 is 0 Å². The first-order valence-corrected chi connectivity index (χ1v) is 7.05. The Bertz CT molecular complexity index is 542. The van der Waals surface area contributed by atoms with Crippen molar-refractivity contribution in [1.29, 1.82) is 0 Å². The van der Waals surface area contributed by atoms with E-state index in [1.807, 2.05) is 13.8 Å². The summed E-state index contributed by atoms with van der Waals surface area (Å²) in [5, 5.41) is 9.36. The van der Waals surface area contributed by atoms with Crippen LogP contribution in [0, 0.1) is 19.3 Å². The van der Waals surface area contributed by atoms with E-state index in [0.717, 1.165) is 50.4 Å². The average Bonchev–Trinajstić information content (AvgIpc) is 2.39. The van der Waals surface area contributed by atoms with E-state index in [1.54, 1.807) is 6.07 Å². The molecule has 2 aliphatic heterocycles. The van der Waals surface area contributed by atoms with Crippen molar-refractivity contribution >= 4 is 11.8 Å². The van der Waals surface area contributed by atoms with Crippen LogP contribution in [-0.4, -0.2) is 42.4 Å². The van der Waals surface area contributed by atoms with Gasteiger partial charge in [0.2, 0.25) is 0 Å². The molecule has 2 aliphatic rings. The van der Waals surface area contributed by atoms with Crippen LogP contribution in [0.15, 0.2) is 6.07 Å². The van der Waals surface area contributed by atoms with Gasteiger partial charge in [0.1, 0.15) is 11.4 Å². The summed E-state index contributed by atoms with van der Waals surface area (Å²) in [6.07, 6.45) is 2.13. The van der Waals surface area contributed by atoms with E-state index in [1.165, 1.54) is 0 Å². The van der Waals surface area contributed by atoms with Crippen LogP contribution in [0.4, 0.5) is 5.82 Å². The fraction of sp³-hybridized carbons (Fsp3) is 0.600. The second-order valence-corrected chi connectivity index (χ2v) is 6.04. The average molecular weight is 276 g/mol. The van der Waals surface area contributed by atoms with Gasteiger partial charge >= 0.3 is 5.97 Å². The third kappa shape index (κ3) is 2.16. The molecule has 2 saturated heterocycles. The molecule has 0 bridgehead atoms. The van der Waals surface area contributed by atoms with E-state index < -0.39 is 5.97 Å². The van der Waals surface area contributed by atoms with Crippen molar-refractivity contribution in [1.82, 2.24) is 4.98 Å². The molecule has 0 aliphatic carbocycles. The van der Waals surface area contributed by atoms with Gasteiger partial charge in [-0.1, -0.05) is 0 Å². The molecule has 0 radical (unpaired) electrons. The minimum absolute atomic E-state index is 0.314. The molecular weight excluding hydrogens is 256 g/mol. The summed E-state index contributed by atoms with van der Waals surface area (Å²) < 4.78 is 5.41. The van der Waals surface area contributed by atoms with Crippen LogP contribution < -0.4 is 4.90 Å². The Labute approximate surface area is 118 Å². The summed E-state index contributed by atoms with van der Waals surface area (Å²) in [6.45, 7) is 7.25. The fourth-order valence-corrected chi connectivity index (χ4v) is 3.13. The van der Waals surface area contributed by atoms with Crippen molar-refractivity contribution in [2.75, 3.05) is 31.2 Å². The van der Waals surface area contributed by atoms with Gasteiger partial charge in [-0.15, -0.1) is 0 Å². The Morgan fingerprint density at radius 3 is 2.60 bits per heavy atom. The van der Waals surface area contributed by atoms with Crippen LogP contribution in [0.3, 0.4) is 0 Å². The van der Waals surface area contributed by atoms with Crippen LogP contribution in [0.1, 0.15) is 34.5 Å². The van der Waals surface area contributed by atoms with Crippen molar-refractivity contribution in [3.05, 3.63) is 22.9 Å². The SMILES string of the molecule is Cc1cc(C(=O)O)c(N2CC3(CCOCC3)C2)nc1C. The highest BCUT2D eigenvalue weighted by Gasteiger charge is 2.45. The molecule has 1 aromatic heterocycles. The first kappa shape index (κ1) is 13.4. The number of carboxylic acids is 1. The monoisotopic (exact) mass is 276 g/mol. The molecule has 108 valence electrons. The van der Waals surface area contributed by atoms with Crippen molar-refractivity contribution in [2.45, 2.75) is 26.7 Å². The number of carboxylic acid groups (broad SMARTS) is 1. The molecule has 0 saturated carbocycles. The molecule has 0 amide bonds. The molecule has 0 unspecified atom stereocenters. The maximum Gasteiger partial charge on any atom is 0.339 e. The highest BCUT2D eigenvalue weighted by molar-refractivity contribution is 5.93. The van der Waals surface area contributed by atoms with E-state index in [9.17, 15) is 9.90 Å². The molecule has 1 aromatic rings. The van der Waals surface area contributed by atoms with Gasteiger partial charge in [-0.3, -0.25) is 0 Å². The maximum atomic E-state index is 11.4. The van der Waals surface area contributed by atoms with Crippen molar-refractivity contribution < 1.29 is 14.6 Å². The first-order chi connectivity index (χ1) is 9.51. The number of aryl methyl sites for hydroxylation is 2. The second-order valence-electron chi connectivity index (χ2n) is 6.04. The smallest absolute Gasteiger partial charge is 0.339 e. The largest absolute Gasteiger partial charge is 0.478 e. The number of nitrogens with zero attached hydrogens (tertiary/aromatic N) is 2. The molecule has 2 fully saturated rings. The number of hydrogen-bond donors (Lipinski definition) is 1. The molecule has 3 heterocycles. The van der Waals surface area contributed by atoms with E-state index in [0.29, 0.717) is 16.8 Å². The predicted octanol–water partition coefficient (Wildman–Crippen LogP) is 2.01. The van der Waals surface area contributed by atoms with Gasteiger partial charge < -0.3 is 14.7 Å². The lowest BCUT2D eigenvalue weighted by atomic mass is 9.73. The Hall–Kier alpha value is -1.62. The summed E-state index contributed by atoms with van der Waals surface area (Å²) in [5.74, 6) is -0.277. The number of ether oxygens (including phenoxy) is 1. The van der Waals surface area contributed by atoms with E-state index in [-0.39, 0.29) is 0 Å². The summed E-state index contributed by atoms with van der Waals surface area (Å²) in [6, 6.07) is 1.73.